The monoisotopic (exact) mass is 428 g/mol. The van der Waals surface area contributed by atoms with Crippen LogP contribution in [0.15, 0.2) is 41.3 Å². The summed E-state index contributed by atoms with van der Waals surface area (Å²) in [5.41, 5.74) is 0.446. The molecule has 1 fully saturated rings. The number of pyridine rings is 1. The van der Waals surface area contributed by atoms with Crippen molar-refractivity contribution in [3.05, 3.63) is 52.4 Å². The Bertz CT molecular complexity index is 996. The van der Waals surface area contributed by atoms with E-state index in [1.54, 1.807) is 55.6 Å². The van der Waals surface area contributed by atoms with Crippen LogP contribution >= 0.6 is 0 Å². The Morgan fingerprint density at radius 1 is 1.13 bits per heavy atom. The summed E-state index contributed by atoms with van der Waals surface area (Å²) in [5, 5.41) is 5.66. The number of carbonyl (C=O) groups is 2. The van der Waals surface area contributed by atoms with Crippen molar-refractivity contribution in [3.63, 3.8) is 0 Å². The fourth-order valence-corrected chi connectivity index (χ4v) is 3.58. The highest BCUT2D eigenvalue weighted by molar-refractivity contribution is 5.94. The predicted molar refractivity (Wildman–Crippen MR) is 117 cm³/mol. The van der Waals surface area contributed by atoms with Crippen molar-refractivity contribution in [1.82, 2.24) is 14.8 Å². The lowest BCUT2D eigenvalue weighted by molar-refractivity contribution is 0.0688. The van der Waals surface area contributed by atoms with E-state index in [2.05, 4.69) is 10.6 Å². The Morgan fingerprint density at radius 3 is 2.55 bits per heavy atom. The number of aromatic nitrogens is 1. The minimum atomic E-state index is -0.324. The third-order valence-corrected chi connectivity index (χ3v) is 5.46. The average molecular weight is 428 g/mol. The van der Waals surface area contributed by atoms with Gasteiger partial charge in [-0.25, -0.2) is 4.79 Å². The third-order valence-electron chi connectivity index (χ3n) is 5.46. The summed E-state index contributed by atoms with van der Waals surface area (Å²) in [4.78, 5) is 38.8. The number of carbonyl (C=O) groups excluding carboxylic acids is 2. The molecule has 9 heteroatoms. The van der Waals surface area contributed by atoms with Gasteiger partial charge in [-0.1, -0.05) is 0 Å². The number of nitrogens with one attached hydrogen (secondary N) is 2. The Hall–Kier alpha value is -3.49. The van der Waals surface area contributed by atoms with Crippen LogP contribution in [0.4, 0.5) is 10.5 Å². The van der Waals surface area contributed by atoms with Crippen molar-refractivity contribution >= 4 is 17.6 Å². The molecule has 31 heavy (non-hydrogen) atoms. The van der Waals surface area contributed by atoms with Crippen LogP contribution in [0.25, 0.3) is 0 Å². The van der Waals surface area contributed by atoms with Gasteiger partial charge in [0.15, 0.2) is 0 Å². The molecule has 1 saturated heterocycles. The maximum Gasteiger partial charge on any atom is 0.319 e. The first-order chi connectivity index (χ1) is 14.9. The van der Waals surface area contributed by atoms with E-state index in [1.807, 2.05) is 0 Å². The Kier molecular flexibility index (Phi) is 7.17. The first-order valence-corrected chi connectivity index (χ1v) is 10.1. The number of anilines is 1. The van der Waals surface area contributed by atoms with Crippen LogP contribution in [0.2, 0.25) is 0 Å². The normalized spacial score (nSPS) is 14.1. The van der Waals surface area contributed by atoms with E-state index in [9.17, 15) is 14.4 Å². The zero-order valence-corrected chi connectivity index (χ0v) is 18.0. The van der Waals surface area contributed by atoms with Gasteiger partial charge in [0.05, 0.1) is 19.9 Å². The molecule has 1 aliphatic heterocycles. The van der Waals surface area contributed by atoms with Crippen LogP contribution in [-0.4, -0.2) is 55.3 Å². The van der Waals surface area contributed by atoms with Gasteiger partial charge in [0.2, 0.25) is 0 Å². The maximum absolute atomic E-state index is 12.7. The minimum Gasteiger partial charge on any atom is -0.497 e. The zero-order chi connectivity index (χ0) is 22.4. The van der Waals surface area contributed by atoms with Gasteiger partial charge in [0, 0.05) is 38.9 Å². The molecule has 2 heterocycles. The number of hydrogen-bond donors (Lipinski definition) is 2. The van der Waals surface area contributed by atoms with Crippen LogP contribution < -0.4 is 25.7 Å². The number of rotatable bonds is 6. The van der Waals surface area contributed by atoms with Gasteiger partial charge in [-0.05, 0) is 43.0 Å². The van der Waals surface area contributed by atoms with Gasteiger partial charge in [-0.15, -0.1) is 0 Å². The van der Waals surface area contributed by atoms with E-state index in [0.29, 0.717) is 36.8 Å². The van der Waals surface area contributed by atoms with Crippen molar-refractivity contribution in [2.75, 3.05) is 39.2 Å². The predicted octanol–water partition coefficient (Wildman–Crippen LogP) is 2.08. The lowest BCUT2D eigenvalue weighted by Gasteiger charge is -2.32. The molecule has 9 nitrogen and oxygen atoms in total. The van der Waals surface area contributed by atoms with E-state index in [1.165, 1.54) is 11.7 Å². The molecule has 0 bridgehead atoms. The molecule has 0 radical (unpaired) electrons. The second-order valence-electron chi connectivity index (χ2n) is 7.47. The lowest BCUT2D eigenvalue weighted by atomic mass is 9.96. The van der Waals surface area contributed by atoms with E-state index in [-0.39, 0.29) is 29.0 Å². The van der Waals surface area contributed by atoms with E-state index < -0.39 is 0 Å². The number of benzene rings is 1. The summed E-state index contributed by atoms with van der Waals surface area (Å²) in [6.45, 7) is 1.60. The van der Waals surface area contributed by atoms with E-state index in [0.717, 1.165) is 12.8 Å². The van der Waals surface area contributed by atoms with Crippen molar-refractivity contribution in [2.24, 2.45) is 13.0 Å². The number of nitrogens with zero attached hydrogens (tertiary/aromatic N) is 2. The number of methoxy groups -OCH3 is 2. The number of aryl methyl sites for hydroxylation is 1. The molecule has 1 aromatic carbocycles. The number of amides is 3. The van der Waals surface area contributed by atoms with Crippen LogP contribution in [0, 0.1) is 5.92 Å². The number of urea groups is 1. The second-order valence-corrected chi connectivity index (χ2v) is 7.47. The van der Waals surface area contributed by atoms with Crippen molar-refractivity contribution in [3.8, 4) is 11.5 Å². The number of likely N-dealkylation sites (tertiary alicyclic amines) is 1. The molecule has 1 aromatic heterocycles. The molecule has 1 aliphatic rings. The van der Waals surface area contributed by atoms with Gasteiger partial charge in [-0.3, -0.25) is 9.59 Å². The molecule has 0 unspecified atom stereocenters. The van der Waals surface area contributed by atoms with Gasteiger partial charge in [-0.2, -0.15) is 0 Å². The van der Waals surface area contributed by atoms with Crippen molar-refractivity contribution in [1.29, 1.82) is 0 Å². The molecule has 0 saturated carbocycles. The average Bonchev–Trinajstić information content (AvgIpc) is 2.79. The molecule has 0 atom stereocenters. The number of ether oxygens (including phenoxy) is 2. The van der Waals surface area contributed by atoms with Crippen molar-refractivity contribution < 1.29 is 19.1 Å². The van der Waals surface area contributed by atoms with Crippen LogP contribution in [0.1, 0.15) is 23.2 Å². The summed E-state index contributed by atoms with van der Waals surface area (Å²) >= 11 is 0. The van der Waals surface area contributed by atoms with Gasteiger partial charge >= 0.3 is 6.03 Å². The Labute approximate surface area is 180 Å². The minimum absolute atomic E-state index is 0.189. The Balaban J connectivity index is 1.48. The van der Waals surface area contributed by atoms with Crippen LogP contribution in [0.5, 0.6) is 11.5 Å². The van der Waals surface area contributed by atoms with Gasteiger partial charge in [0.25, 0.3) is 11.5 Å². The first-order valence-electron chi connectivity index (χ1n) is 10.1. The number of hydrogen-bond acceptors (Lipinski definition) is 5. The van der Waals surface area contributed by atoms with Crippen molar-refractivity contribution in [2.45, 2.75) is 12.8 Å². The topological polar surface area (TPSA) is 102 Å². The van der Waals surface area contributed by atoms with Crippen LogP contribution in [-0.2, 0) is 7.05 Å². The highest BCUT2D eigenvalue weighted by atomic mass is 16.5. The summed E-state index contributed by atoms with van der Waals surface area (Å²) < 4.78 is 11.8. The molecule has 3 amide bonds. The molecule has 0 aliphatic carbocycles. The SMILES string of the molecule is COc1ccc(NC(=O)NCC2CCN(C(=O)c3cccn(C)c3=O)CC2)c(OC)c1. The highest BCUT2D eigenvalue weighted by Crippen LogP contribution is 2.29. The van der Waals surface area contributed by atoms with Gasteiger partial charge < -0.3 is 29.6 Å². The fourth-order valence-electron chi connectivity index (χ4n) is 3.58. The van der Waals surface area contributed by atoms with E-state index in [4.69, 9.17) is 9.47 Å². The molecular formula is C22H28N4O5. The summed E-state index contributed by atoms with van der Waals surface area (Å²) in [5.74, 6) is 1.16. The second kappa shape index (κ2) is 10.0. The molecule has 2 N–H and O–H groups in total. The zero-order valence-electron chi connectivity index (χ0n) is 18.0. The Morgan fingerprint density at radius 2 is 1.87 bits per heavy atom. The molecule has 0 spiro atoms. The quantitative estimate of drug-likeness (QED) is 0.734. The first kappa shape index (κ1) is 22.2. The van der Waals surface area contributed by atoms with E-state index >= 15 is 0 Å². The molecule has 2 aromatic rings. The lowest BCUT2D eigenvalue weighted by Crippen LogP contribution is -2.43. The van der Waals surface area contributed by atoms with Gasteiger partial charge in [0.1, 0.15) is 17.1 Å². The standard InChI is InChI=1S/C22H28N4O5/c1-25-10-4-5-17(20(25)27)21(28)26-11-8-15(9-12-26)14-23-22(29)24-18-7-6-16(30-2)13-19(18)31-3/h4-7,10,13,15H,8-9,11-12,14H2,1-3H3,(H2,23,24,29). The molecule has 166 valence electrons. The smallest absolute Gasteiger partial charge is 0.319 e. The molecular weight excluding hydrogens is 400 g/mol. The largest absolute Gasteiger partial charge is 0.497 e. The summed E-state index contributed by atoms with van der Waals surface area (Å²) in [7, 11) is 4.72. The maximum atomic E-state index is 12.7. The third kappa shape index (κ3) is 5.36. The fraction of sp³-hybridized carbons (Fsp3) is 0.409. The summed E-state index contributed by atoms with van der Waals surface area (Å²) in [6.07, 6.45) is 3.14. The summed E-state index contributed by atoms with van der Waals surface area (Å²) in [6, 6.07) is 8.09. The highest BCUT2D eigenvalue weighted by Gasteiger charge is 2.25. The molecule has 3 rings (SSSR count). The van der Waals surface area contributed by atoms with Crippen LogP contribution in [0.3, 0.4) is 0 Å². The number of piperidine rings is 1.